The summed E-state index contributed by atoms with van der Waals surface area (Å²) in [6.07, 6.45) is 9.15. The van der Waals surface area contributed by atoms with Crippen molar-refractivity contribution < 1.29 is 30.9 Å². The van der Waals surface area contributed by atoms with Gasteiger partial charge in [0.25, 0.3) is 0 Å². The molecule has 0 bridgehead atoms. The van der Waals surface area contributed by atoms with Gasteiger partial charge in [0.1, 0.15) is 0 Å². The number of hydrogen-bond donors (Lipinski definition) is 0. The molecule has 0 unspecified atom stereocenters. The van der Waals surface area contributed by atoms with Gasteiger partial charge in [-0.25, -0.2) is 0 Å². The molecule has 1 aliphatic carbocycles. The normalized spacial score (nSPS) is 13.8. The second-order valence-electron chi connectivity index (χ2n) is 18.2. The molecule has 0 N–H and O–H groups in total. The van der Waals surface area contributed by atoms with Crippen molar-refractivity contribution in [2.24, 2.45) is 0 Å². The van der Waals surface area contributed by atoms with E-state index in [-0.39, 0.29) is 17.6 Å². The van der Waals surface area contributed by atoms with Gasteiger partial charge in [0, 0.05) is 36.5 Å². The molecule has 4 aromatic heterocycles. The predicted molar refractivity (Wildman–Crippen MR) is 290 cm³/mol. The molecule has 2 aliphatic rings. The molecule has 0 fully saturated rings. The first-order chi connectivity index (χ1) is 38.6. The third-order valence-electron chi connectivity index (χ3n) is 14.3. The van der Waals surface area contributed by atoms with Crippen LogP contribution in [-0.4, -0.2) is 24.1 Å². The molecule has 0 radical (unpaired) electrons. The number of hydrogen-bond acceptors (Lipinski definition) is 5. The van der Waals surface area contributed by atoms with E-state index in [1.165, 1.54) is 0 Å². The van der Waals surface area contributed by atoms with E-state index in [4.69, 9.17) is 26.5 Å². The van der Waals surface area contributed by atoms with Crippen molar-refractivity contribution >= 4 is 28.2 Å². The summed E-state index contributed by atoms with van der Waals surface area (Å²) >= 11 is 2.44. The predicted octanol–water partition coefficient (Wildman–Crippen LogP) is 15.5. The molecule has 8 aromatic carbocycles. The van der Waals surface area contributed by atoms with E-state index in [0.29, 0.717) is 34.1 Å². The number of anilines is 3. The van der Waals surface area contributed by atoms with E-state index in [2.05, 4.69) is 167 Å². The van der Waals surface area contributed by atoms with Crippen LogP contribution in [0.1, 0.15) is 34.7 Å². The Hall–Kier alpha value is -9.03. The molecule has 354 valence electrons. The smallest absolute Gasteiger partial charge is 0.0616 e. The van der Waals surface area contributed by atoms with E-state index in [9.17, 15) is 0 Å². The second kappa shape index (κ2) is 17.6. The Bertz CT molecular complexity index is 4410. The molecular weight excluding hydrogens is 1090 g/mol. The molecule has 12 aromatic rings. The maximum absolute atomic E-state index is 8.81. The summed E-state index contributed by atoms with van der Waals surface area (Å²) in [4.78, 5) is 16.6. The van der Waals surface area contributed by atoms with Crippen molar-refractivity contribution in [3.05, 3.63) is 281 Å². The van der Waals surface area contributed by atoms with Gasteiger partial charge >= 0.3 is 306 Å². The van der Waals surface area contributed by atoms with Crippen LogP contribution >= 0.6 is 0 Å². The van der Waals surface area contributed by atoms with E-state index in [1.807, 2.05) is 86.3 Å². The number of rotatable bonds is 8. The molecule has 14 rings (SSSR count). The second-order valence-corrected chi connectivity index (χ2v) is 19.2. The zero-order chi connectivity index (χ0) is 53.7. The Labute approximate surface area is 446 Å². The molecule has 0 saturated carbocycles. The topological polar surface area (TPSA) is 61.0 Å². The minimum absolute atomic E-state index is 0.0900. The number of nitrogens with zero attached hydrogens (tertiary/aromatic N) is 6. The zero-order valence-corrected chi connectivity index (χ0v) is 41.8. The number of pyridine rings is 3. The number of benzene rings is 8. The van der Waals surface area contributed by atoms with Crippen molar-refractivity contribution in [1.82, 2.24) is 24.1 Å². The van der Waals surface area contributed by atoms with Crippen molar-refractivity contribution in [1.29, 1.82) is 0 Å². The summed E-state index contributed by atoms with van der Waals surface area (Å²) in [6.45, 7) is 1.87. The molecule has 74 heavy (non-hydrogen) atoms. The Morgan fingerprint density at radius 1 is 0.527 bits per heavy atom. The average Bonchev–Trinajstić information content (AvgIpc) is 4.05. The molecule has 1 spiro atoms. The summed E-state index contributed by atoms with van der Waals surface area (Å²) in [5.41, 5.74) is 16.1. The fraction of sp³-hybridized carbons (Fsp3) is 0.0303. The SMILES string of the molecule is [2H]c1c([2H])c([2H])c(-c2cnc(N3c4[c-]c(Oc5[c-]c(-n6[c](=[Pt])n(-c7c(-c8ccccc8)cccc7-c7ccccc7)c7ccccc76)ccc5)ccc4C4(c5cnccc5-c5ccncc54)c4ccccc43)cc2C)c([2H])c1[2H]. The van der Waals surface area contributed by atoms with Crippen LogP contribution in [0.2, 0.25) is 0 Å². The maximum atomic E-state index is 8.81. The van der Waals surface area contributed by atoms with Crippen LogP contribution < -0.4 is 9.64 Å². The molecule has 1 aliphatic heterocycles. The van der Waals surface area contributed by atoms with Crippen molar-refractivity contribution in [2.75, 3.05) is 4.90 Å². The third kappa shape index (κ3) is 6.77. The van der Waals surface area contributed by atoms with E-state index in [1.54, 1.807) is 6.20 Å². The number of aryl methyl sites for hydroxylation is 1. The van der Waals surface area contributed by atoms with E-state index in [0.717, 1.165) is 87.5 Å². The summed E-state index contributed by atoms with van der Waals surface area (Å²) in [5.74, 6) is 1.44. The van der Waals surface area contributed by atoms with Crippen LogP contribution in [0.15, 0.2) is 237 Å². The van der Waals surface area contributed by atoms with Gasteiger partial charge in [0.2, 0.25) is 0 Å². The van der Waals surface area contributed by atoms with Gasteiger partial charge < -0.3 is 0 Å². The van der Waals surface area contributed by atoms with Gasteiger partial charge in [0.05, 0.1) is 6.85 Å². The first-order valence-electron chi connectivity index (χ1n) is 26.7. The van der Waals surface area contributed by atoms with Crippen molar-refractivity contribution in [3.63, 3.8) is 0 Å². The molecule has 7 nitrogen and oxygen atoms in total. The third-order valence-corrected chi connectivity index (χ3v) is 15.3. The first-order valence-corrected chi connectivity index (χ1v) is 25.3. The summed E-state index contributed by atoms with van der Waals surface area (Å²) in [5, 5.41) is 0. The Morgan fingerprint density at radius 2 is 1.15 bits per heavy atom. The molecule has 8 heteroatoms. The van der Waals surface area contributed by atoms with E-state index < -0.39 is 23.5 Å². The molecule has 0 atom stereocenters. The fourth-order valence-electron chi connectivity index (χ4n) is 11.2. The minimum Gasteiger partial charge on any atom is -0.0616 e. The monoisotopic (exact) mass is 1130 g/mol. The van der Waals surface area contributed by atoms with Gasteiger partial charge in [-0.05, 0) is 41.3 Å². The van der Waals surface area contributed by atoms with Crippen molar-refractivity contribution in [3.8, 4) is 67.4 Å². The molecule has 0 amide bonds. The Kier molecular flexibility index (Phi) is 9.20. The van der Waals surface area contributed by atoms with Crippen LogP contribution in [0, 0.1) is 22.9 Å². The minimum atomic E-state index is -0.875. The van der Waals surface area contributed by atoms with Gasteiger partial charge in [-0.1, -0.05) is 48.4 Å². The van der Waals surface area contributed by atoms with Crippen LogP contribution in [-0.2, 0) is 24.8 Å². The quantitative estimate of drug-likeness (QED) is 0.142. The van der Waals surface area contributed by atoms with Crippen LogP contribution in [0.3, 0.4) is 0 Å². The van der Waals surface area contributed by atoms with Crippen molar-refractivity contribution in [2.45, 2.75) is 12.3 Å². The standard InChI is InChI=1S/C66H42N6O.Pt/c1-44-37-64(69-40-55(44)47-21-9-4-10-22-47)72-60-28-12-11-27-56(60)66(58-41-67-35-33-53(58)54-34-36-68-42-59(54)66)57-32-31-50(39-63(57)72)73-49-24-15-23-48(38-49)70-43-71(62-30-14-13-29-61(62)70)65-51(45-17-5-2-6-18-45)25-16-26-52(65)46-19-7-3-8-20-46;/h2-37,40-42H,1H3;/q-2;/i4D,9D,10D,21D,22D;. The average molecular weight is 1140 g/mol. The van der Waals surface area contributed by atoms with Crippen LogP contribution in [0.4, 0.5) is 17.2 Å². The fourth-order valence-corrected chi connectivity index (χ4v) is 12.2. The number of ether oxygens (including phenoxy) is 1. The number of imidazole rings is 1. The molecule has 5 heterocycles. The number of aromatic nitrogens is 5. The van der Waals surface area contributed by atoms with Gasteiger partial charge in [-0.15, -0.1) is 0 Å². The Morgan fingerprint density at radius 3 is 1.84 bits per heavy atom. The van der Waals surface area contributed by atoms with Crippen LogP contribution in [0.25, 0.3) is 66.9 Å². The number of fused-ring (bicyclic) bond motifs is 10. The summed E-state index contributed by atoms with van der Waals surface area (Å²) in [7, 11) is 0. The number of para-hydroxylation sites is 4. The molecule has 0 saturated heterocycles. The van der Waals surface area contributed by atoms with E-state index >= 15 is 0 Å². The van der Waals surface area contributed by atoms with Crippen LogP contribution in [0.5, 0.6) is 11.5 Å². The molecular formula is C66H42N6OPt-2. The summed E-state index contributed by atoms with van der Waals surface area (Å²) in [6, 6.07) is 65.8. The van der Waals surface area contributed by atoms with Gasteiger partial charge in [-0.3, -0.25) is 9.97 Å². The Balaban J connectivity index is 0.934. The van der Waals surface area contributed by atoms with Gasteiger partial charge in [-0.2, -0.15) is 0 Å². The van der Waals surface area contributed by atoms with Gasteiger partial charge in [0.15, 0.2) is 0 Å². The summed E-state index contributed by atoms with van der Waals surface area (Å²) < 4.78 is 55.2. The first kappa shape index (κ1) is 38.6. The zero-order valence-electron chi connectivity index (χ0n) is 44.5.